The van der Waals surface area contributed by atoms with E-state index < -0.39 is 0 Å². The van der Waals surface area contributed by atoms with Crippen LogP contribution in [0.1, 0.15) is 42.7 Å². The van der Waals surface area contributed by atoms with Gasteiger partial charge in [0.15, 0.2) is 0 Å². The molecule has 34 heavy (non-hydrogen) atoms. The number of rotatable bonds is 5. The van der Waals surface area contributed by atoms with Crippen LogP contribution < -0.4 is 5.32 Å². The number of imide groups is 1. The zero-order chi connectivity index (χ0) is 24.0. The Morgan fingerprint density at radius 3 is 2.71 bits per heavy atom. The molecule has 4 heterocycles. The van der Waals surface area contributed by atoms with Gasteiger partial charge < -0.3 is 10.1 Å². The van der Waals surface area contributed by atoms with E-state index in [9.17, 15) is 9.59 Å². The fourth-order valence-electron chi connectivity index (χ4n) is 4.90. The number of nitrogens with two attached hydrogens (primary N) is 1. The van der Waals surface area contributed by atoms with Crippen molar-refractivity contribution in [3.05, 3.63) is 45.6 Å². The third-order valence-corrected chi connectivity index (χ3v) is 7.84. The number of nitrogens with zero attached hydrogens (tertiary/aromatic N) is 3. The fraction of sp³-hybridized carbons (Fsp3) is 0.440. The second-order valence-corrected chi connectivity index (χ2v) is 11.3. The number of fused-ring (bicyclic) bond motifs is 1. The molecule has 0 aliphatic carbocycles. The number of aromatic nitrogens is 2. The zero-order valence-electron chi connectivity index (χ0n) is 19.6. The van der Waals surface area contributed by atoms with E-state index in [2.05, 4.69) is 36.1 Å². The van der Waals surface area contributed by atoms with Crippen molar-refractivity contribution in [2.75, 3.05) is 13.1 Å². The van der Waals surface area contributed by atoms with Crippen LogP contribution in [-0.4, -0.2) is 51.5 Å². The molecule has 9 heteroatoms. The van der Waals surface area contributed by atoms with E-state index in [0.717, 1.165) is 51.4 Å². The third-order valence-electron chi connectivity index (χ3n) is 6.51. The number of carbonyl (C=O) groups excluding carboxylic acids is 2. The van der Waals surface area contributed by atoms with Gasteiger partial charge in [0, 0.05) is 34.7 Å². The molecule has 0 spiro atoms. The Balaban J connectivity index is 1.53. The number of amides is 2. The molecular formula is C25H28ClN4O3S+. The summed E-state index contributed by atoms with van der Waals surface area (Å²) in [5.41, 5.74) is 4.70. The highest BCUT2D eigenvalue weighted by Crippen LogP contribution is 2.38. The van der Waals surface area contributed by atoms with Gasteiger partial charge in [0.1, 0.15) is 31.1 Å². The Morgan fingerprint density at radius 2 is 1.97 bits per heavy atom. The molecule has 2 aliphatic rings. The first-order chi connectivity index (χ1) is 16.2. The Kier molecular flexibility index (Phi) is 6.18. The lowest BCUT2D eigenvalue weighted by Gasteiger charge is -2.34. The number of halogens is 1. The average Bonchev–Trinajstić information content (AvgIpc) is 3.32. The van der Waals surface area contributed by atoms with Gasteiger partial charge in [0.25, 0.3) is 0 Å². The number of hydrogen-bond acceptors (Lipinski definition) is 6. The van der Waals surface area contributed by atoms with Gasteiger partial charge in [-0.25, -0.2) is 9.97 Å². The first kappa shape index (κ1) is 23.4. The number of morpholine rings is 1. The fourth-order valence-corrected chi connectivity index (χ4v) is 6.28. The predicted octanol–water partition coefficient (Wildman–Crippen LogP) is 3.25. The van der Waals surface area contributed by atoms with Crippen LogP contribution in [-0.2, 0) is 27.3 Å². The first-order valence-corrected chi connectivity index (χ1v) is 12.7. The molecule has 2 aromatic heterocycles. The Labute approximate surface area is 207 Å². The Hall–Kier alpha value is -2.39. The Bertz CT molecular complexity index is 1270. The smallest absolute Gasteiger partial charge is 0.230 e. The highest BCUT2D eigenvalue weighted by atomic mass is 35.5. The number of hydrogen-bond donors (Lipinski definition) is 1. The number of ether oxygens (including phenoxy) is 1. The molecule has 1 atom stereocenters. The maximum Gasteiger partial charge on any atom is 0.230 e. The van der Waals surface area contributed by atoms with Crippen molar-refractivity contribution in [3.8, 4) is 11.3 Å². The van der Waals surface area contributed by atoms with E-state index in [0.29, 0.717) is 5.02 Å². The van der Waals surface area contributed by atoms with Gasteiger partial charge in [-0.2, -0.15) is 0 Å². The maximum absolute atomic E-state index is 12.1. The maximum atomic E-state index is 12.1. The highest BCUT2D eigenvalue weighted by Gasteiger charge is 2.33. The molecule has 2 N–H and O–H groups in total. The molecule has 2 fully saturated rings. The molecule has 178 valence electrons. The lowest BCUT2D eigenvalue weighted by molar-refractivity contribution is -0.691. The van der Waals surface area contributed by atoms with Crippen molar-refractivity contribution in [3.63, 3.8) is 0 Å². The average molecular weight is 500 g/mol. The molecule has 5 rings (SSSR count). The summed E-state index contributed by atoms with van der Waals surface area (Å²) >= 11 is 8.03. The summed E-state index contributed by atoms with van der Waals surface area (Å²) in [6.45, 7) is 8.46. The number of benzene rings is 1. The van der Waals surface area contributed by atoms with Crippen LogP contribution in [0.25, 0.3) is 21.5 Å². The van der Waals surface area contributed by atoms with Crippen LogP contribution in [0.5, 0.6) is 0 Å². The van der Waals surface area contributed by atoms with Gasteiger partial charge in [-0.3, -0.25) is 14.5 Å². The van der Waals surface area contributed by atoms with Crippen molar-refractivity contribution >= 4 is 45.0 Å². The third kappa shape index (κ3) is 4.60. The minimum Gasteiger partial charge on any atom is -0.360 e. The van der Waals surface area contributed by atoms with Gasteiger partial charge in [0.2, 0.25) is 11.8 Å². The van der Waals surface area contributed by atoms with Gasteiger partial charge in [-0.1, -0.05) is 11.6 Å². The van der Waals surface area contributed by atoms with Crippen molar-refractivity contribution in [2.45, 2.75) is 58.3 Å². The molecule has 2 amide bonds. The molecule has 2 aliphatic heterocycles. The number of thiophene rings is 1. The lowest BCUT2D eigenvalue weighted by atomic mass is 9.93. The summed E-state index contributed by atoms with van der Waals surface area (Å²) in [6.07, 6.45) is 2.99. The number of carbonyl (C=O) groups is 2. The van der Waals surface area contributed by atoms with E-state index in [1.807, 2.05) is 18.2 Å². The highest BCUT2D eigenvalue weighted by molar-refractivity contribution is 7.19. The van der Waals surface area contributed by atoms with Crippen LogP contribution in [0.15, 0.2) is 24.5 Å². The SMILES string of the molecule is Cc1cc(Cl)cc(-c2ncnc3cc(CN4C(=O)CCC4=O)sc23)c1CC1C[NH2+]CC(C)(C)O1. The van der Waals surface area contributed by atoms with Crippen molar-refractivity contribution in [2.24, 2.45) is 0 Å². The minimum absolute atomic E-state index is 0.0887. The summed E-state index contributed by atoms with van der Waals surface area (Å²) in [5.74, 6) is -0.234. The molecule has 0 bridgehead atoms. The molecule has 0 saturated carbocycles. The van der Waals surface area contributed by atoms with Crippen LogP contribution >= 0.6 is 22.9 Å². The van der Waals surface area contributed by atoms with Gasteiger partial charge in [-0.05, 0) is 50.1 Å². The molecule has 0 radical (unpaired) electrons. The molecule has 7 nitrogen and oxygen atoms in total. The summed E-state index contributed by atoms with van der Waals surface area (Å²) in [6, 6.07) is 5.90. The second-order valence-electron chi connectivity index (χ2n) is 9.70. The first-order valence-electron chi connectivity index (χ1n) is 11.6. The van der Waals surface area contributed by atoms with E-state index in [-0.39, 0.29) is 42.9 Å². The number of likely N-dealkylation sites (tertiary alicyclic amines) is 1. The minimum atomic E-state index is -0.168. The summed E-state index contributed by atoms with van der Waals surface area (Å²) in [7, 11) is 0. The second kappa shape index (κ2) is 9.00. The van der Waals surface area contributed by atoms with Crippen molar-refractivity contribution < 1.29 is 19.6 Å². The Morgan fingerprint density at radius 1 is 1.21 bits per heavy atom. The summed E-state index contributed by atoms with van der Waals surface area (Å²) in [4.78, 5) is 35.6. The van der Waals surface area contributed by atoms with E-state index in [4.69, 9.17) is 16.3 Å². The molecule has 2 saturated heterocycles. The quantitative estimate of drug-likeness (QED) is 0.544. The van der Waals surface area contributed by atoms with Crippen molar-refractivity contribution in [1.29, 1.82) is 0 Å². The molecule has 1 aromatic carbocycles. The monoisotopic (exact) mass is 499 g/mol. The zero-order valence-corrected chi connectivity index (χ0v) is 21.1. The molecule has 1 unspecified atom stereocenters. The molecular weight excluding hydrogens is 472 g/mol. The van der Waals surface area contributed by atoms with Gasteiger partial charge in [0.05, 0.1) is 22.5 Å². The lowest BCUT2D eigenvalue weighted by Crippen LogP contribution is -2.93. The van der Waals surface area contributed by atoms with Crippen LogP contribution in [0.2, 0.25) is 5.02 Å². The standard InChI is InChI=1S/C25H27ClN4O3S/c1-14-6-15(26)7-19(18(14)8-16-10-27-12-25(2,3)33-16)23-24-20(28-13-29-23)9-17(34-24)11-30-21(31)4-5-22(30)32/h6-7,9,13,16,27H,4-5,8,10-12H2,1-3H3/p+1. The van der Waals surface area contributed by atoms with Gasteiger partial charge in [-0.15, -0.1) is 11.3 Å². The summed E-state index contributed by atoms with van der Waals surface area (Å²) in [5, 5.41) is 2.97. The van der Waals surface area contributed by atoms with Crippen LogP contribution in [0.3, 0.4) is 0 Å². The van der Waals surface area contributed by atoms with Crippen LogP contribution in [0, 0.1) is 6.92 Å². The predicted molar refractivity (Wildman–Crippen MR) is 132 cm³/mol. The van der Waals surface area contributed by atoms with E-state index >= 15 is 0 Å². The molecule has 3 aromatic rings. The largest absolute Gasteiger partial charge is 0.360 e. The summed E-state index contributed by atoms with van der Waals surface area (Å²) < 4.78 is 7.30. The van der Waals surface area contributed by atoms with E-state index in [1.54, 1.807) is 6.33 Å². The van der Waals surface area contributed by atoms with Gasteiger partial charge >= 0.3 is 0 Å². The van der Waals surface area contributed by atoms with Crippen LogP contribution in [0.4, 0.5) is 0 Å². The van der Waals surface area contributed by atoms with Crippen molar-refractivity contribution in [1.82, 2.24) is 14.9 Å². The van der Waals surface area contributed by atoms with E-state index in [1.165, 1.54) is 21.8 Å². The normalized spacial score (nSPS) is 20.5. The topological polar surface area (TPSA) is 89.0 Å². The number of quaternary nitrogens is 1. The number of aryl methyl sites for hydroxylation is 1.